The second-order valence-electron chi connectivity index (χ2n) is 5.19. The average Bonchev–Trinajstić information content (AvgIpc) is 2.46. The molecule has 0 aliphatic carbocycles. The number of halogens is 1. The van der Waals surface area contributed by atoms with Crippen molar-refractivity contribution in [2.75, 3.05) is 5.33 Å². The third kappa shape index (κ3) is 3.18. The Hall–Kier alpha value is -1.42. The maximum absolute atomic E-state index is 12.5. The number of nitrogens with zero attached hydrogens (tertiary/aromatic N) is 1. The maximum Gasteiger partial charge on any atom is 0.253 e. The quantitative estimate of drug-likeness (QED) is 0.842. The zero-order valence-electron chi connectivity index (χ0n) is 11.8. The lowest BCUT2D eigenvalue weighted by Gasteiger charge is -2.29. The van der Waals surface area contributed by atoms with Gasteiger partial charge >= 0.3 is 0 Å². The molecule has 106 valence electrons. The second-order valence-corrected chi connectivity index (χ2v) is 5.98. The van der Waals surface area contributed by atoms with Gasteiger partial charge in [-0.1, -0.05) is 41.1 Å². The fourth-order valence-corrected chi connectivity index (χ4v) is 3.04. The van der Waals surface area contributed by atoms with Gasteiger partial charge in [0.05, 0.1) is 11.1 Å². The highest BCUT2D eigenvalue weighted by atomic mass is 79.9. The molecule has 3 nitrogen and oxygen atoms in total. The van der Waals surface area contributed by atoms with Crippen LogP contribution in [0.4, 0.5) is 0 Å². The van der Waals surface area contributed by atoms with E-state index < -0.39 is 0 Å². The van der Waals surface area contributed by atoms with Crippen molar-refractivity contribution in [1.29, 1.82) is 0 Å². The number of carbonyl (C=O) groups is 1. The minimum atomic E-state index is -0.197. The van der Waals surface area contributed by atoms with E-state index in [-0.39, 0.29) is 11.4 Å². The highest BCUT2D eigenvalue weighted by molar-refractivity contribution is 9.09. The average molecular weight is 335 g/mol. The second kappa shape index (κ2) is 6.35. The van der Waals surface area contributed by atoms with Crippen molar-refractivity contribution >= 4 is 32.7 Å². The van der Waals surface area contributed by atoms with E-state index in [0.29, 0.717) is 5.56 Å². The normalized spacial score (nSPS) is 13.9. The molecule has 1 atom stereocenters. The summed E-state index contributed by atoms with van der Waals surface area (Å²) in [7, 11) is 0. The van der Waals surface area contributed by atoms with Gasteiger partial charge in [0.15, 0.2) is 0 Å². The van der Waals surface area contributed by atoms with E-state index >= 15 is 0 Å². The van der Waals surface area contributed by atoms with E-state index in [2.05, 4.69) is 40.1 Å². The van der Waals surface area contributed by atoms with E-state index in [1.807, 2.05) is 30.3 Å². The maximum atomic E-state index is 12.5. The van der Waals surface area contributed by atoms with Gasteiger partial charge in [-0.25, -0.2) is 0 Å². The lowest BCUT2D eigenvalue weighted by atomic mass is 9.95. The minimum absolute atomic E-state index is 0.0559. The summed E-state index contributed by atoms with van der Waals surface area (Å²) in [4.78, 5) is 16.9. The number of nitrogens with one attached hydrogen (secondary N) is 1. The highest BCUT2D eigenvalue weighted by Gasteiger charge is 2.24. The molecule has 0 radical (unpaired) electrons. The number of pyridine rings is 1. The van der Waals surface area contributed by atoms with Crippen LogP contribution in [0.2, 0.25) is 0 Å². The molecule has 0 saturated carbocycles. The summed E-state index contributed by atoms with van der Waals surface area (Å²) in [5.74, 6) is -0.0559. The van der Waals surface area contributed by atoms with E-state index in [0.717, 1.165) is 29.1 Å². The molecule has 0 aliphatic rings. The molecule has 0 aliphatic heterocycles. The first kappa shape index (κ1) is 15.0. The predicted octanol–water partition coefficient (Wildman–Crippen LogP) is 3.92. The molecule has 0 saturated heterocycles. The van der Waals surface area contributed by atoms with Crippen LogP contribution in [0.3, 0.4) is 0 Å². The molecule has 0 fully saturated rings. The number of benzene rings is 1. The molecule has 0 bridgehead atoms. The number of rotatable bonds is 5. The number of aromatic nitrogens is 1. The number of amides is 1. The van der Waals surface area contributed by atoms with Crippen molar-refractivity contribution in [1.82, 2.24) is 10.3 Å². The number of para-hydroxylation sites is 1. The van der Waals surface area contributed by atoms with Gasteiger partial charge in [-0.15, -0.1) is 0 Å². The Morgan fingerprint density at radius 2 is 2.10 bits per heavy atom. The van der Waals surface area contributed by atoms with E-state index in [4.69, 9.17) is 0 Å². The summed E-state index contributed by atoms with van der Waals surface area (Å²) < 4.78 is 0. The predicted molar refractivity (Wildman–Crippen MR) is 86.3 cm³/mol. The molecule has 1 unspecified atom stereocenters. The molecular weight excluding hydrogens is 316 g/mol. The van der Waals surface area contributed by atoms with Gasteiger partial charge in [-0.05, 0) is 31.9 Å². The van der Waals surface area contributed by atoms with Crippen LogP contribution in [0.15, 0.2) is 36.5 Å². The summed E-state index contributed by atoms with van der Waals surface area (Å²) in [6.45, 7) is 4.16. The van der Waals surface area contributed by atoms with Crippen LogP contribution in [0.5, 0.6) is 0 Å². The zero-order valence-corrected chi connectivity index (χ0v) is 13.4. The Balaban J connectivity index is 2.32. The van der Waals surface area contributed by atoms with Gasteiger partial charge in [0.1, 0.15) is 0 Å². The Labute approximate surface area is 127 Å². The van der Waals surface area contributed by atoms with Gasteiger partial charge in [0, 0.05) is 22.5 Å². The van der Waals surface area contributed by atoms with Crippen LogP contribution < -0.4 is 5.32 Å². The van der Waals surface area contributed by atoms with Crippen molar-refractivity contribution in [3.05, 3.63) is 42.1 Å². The summed E-state index contributed by atoms with van der Waals surface area (Å²) in [6, 6.07) is 9.54. The number of hydrogen-bond acceptors (Lipinski definition) is 2. The number of fused-ring (bicyclic) bond motifs is 1. The van der Waals surface area contributed by atoms with Crippen molar-refractivity contribution in [3.63, 3.8) is 0 Å². The lowest BCUT2D eigenvalue weighted by Crippen LogP contribution is -2.45. The molecule has 20 heavy (non-hydrogen) atoms. The molecular formula is C16H19BrN2O. The fraction of sp³-hybridized carbons (Fsp3) is 0.375. The molecule has 1 aromatic carbocycles. The number of carbonyl (C=O) groups excluding carboxylic acids is 1. The van der Waals surface area contributed by atoms with Crippen LogP contribution in [-0.2, 0) is 0 Å². The minimum Gasteiger partial charge on any atom is -0.347 e. The zero-order chi connectivity index (χ0) is 14.6. The van der Waals surface area contributed by atoms with Gasteiger partial charge in [0.2, 0.25) is 0 Å². The van der Waals surface area contributed by atoms with Gasteiger partial charge in [0.25, 0.3) is 5.91 Å². The molecule has 1 amide bonds. The number of hydrogen-bond donors (Lipinski definition) is 1. The van der Waals surface area contributed by atoms with E-state index in [1.54, 1.807) is 6.20 Å². The first-order valence-electron chi connectivity index (χ1n) is 6.82. The van der Waals surface area contributed by atoms with Crippen LogP contribution >= 0.6 is 15.9 Å². The lowest BCUT2D eigenvalue weighted by molar-refractivity contribution is 0.0903. The largest absolute Gasteiger partial charge is 0.347 e. The van der Waals surface area contributed by atoms with Gasteiger partial charge in [-0.3, -0.25) is 9.78 Å². The Bertz CT molecular complexity index is 609. The molecule has 2 aromatic rings. The standard InChI is InChI=1S/C16H19BrN2O/c1-3-16(2,9-10-17)19-15(20)13-8-4-6-12-7-5-11-18-14(12)13/h4-8,11H,3,9-10H2,1-2H3,(H,19,20). The number of alkyl halides is 1. The van der Waals surface area contributed by atoms with Crippen molar-refractivity contribution in [2.24, 2.45) is 0 Å². The molecule has 4 heteroatoms. The summed E-state index contributed by atoms with van der Waals surface area (Å²) >= 11 is 3.45. The Morgan fingerprint density at radius 3 is 2.80 bits per heavy atom. The first-order valence-corrected chi connectivity index (χ1v) is 7.94. The van der Waals surface area contributed by atoms with E-state index in [9.17, 15) is 4.79 Å². The molecule has 1 heterocycles. The van der Waals surface area contributed by atoms with Crippen LogP contribution in [-0.4, -0.2) is 21.8 Å². The van der Waals surface area contributed by atoms with Crippen molar-refractivity contribution in [3.8, 4) is 0 Å². The van der Waals surface area contributed by atoms with Crippen LogP contribution in [0.25, 0.3) is 10.9 Å². The van der Waals surface area contributed by atoms with Crippen molar-refractivity contribution in [2.45, 2.75) is 32.2 Å². The Morgan fingerprint density at radius 1 is 1.35 bits per heavy atom. The molecule has 1 aromatic heterocycles. The molecule has 2 rings (SSSR count). The molecule has 0 spiro atoms. The van der Waals surface area contributed by atoms with Gasteiger partial charge in [-0.2, -0.15) is 0 Å². The monoisotopic (exact) mass is 334 g/mol. The smallest absolute Gasteiger partial charge is 0.253 e. The highest BCUT2D eigenvalue weighted by Crippen LogP contribution is 2.20. The van der Waals surface area contributed by atoms with Gasteiger partial charge < -0.3 is 5.32 Å². The summed E-state index contributed by atoms with van der Waals surface area (Å²) in [5.41, 5.74) is 1.19. The van der Waals surface area contributed by atoms with Crippen LogP contribution in [0, 0.1) is 0 Å². The van der Waals surface area contributed by atoms with Crippen LogP contribution in [0.1, 0.15) is 37.0 Å². The summed E-state index contributed by atoms with van der Waals surface area (Å²) in [5, 5.41) is 5.00. The van der Waals surface area contributed by atoms with E-state index in [1.165, 1.54) is 0 Å². The third-order valence-electron chi connectivity index (χ3n) is 3.72. The topological polar surface area (TPSA) is 42.0 Å². The first-order chi connectivity index (χ1) is 9.59. The Kier molecular flexibility index (Phi) is 4.76. The summed E-state index contributed by atoms with van der Waals surface area (Å²) in [6.07, 6.45) is 3.51. The van der Waals surface area contributed by atoms with Crippen molar-refractivity contribution < 1.29 is 4.79 Å². The fourth-order valence-electron chi connectivity index (χ4n) is 2.17. The third-order valence-corrected chi connectivity index (χ3v) is 4.12. The SMILES string of the molecule is CCC(C)(CCBr)NC(=O)c1cccc2cccnc12. The molecule has 1 N–H and O–H groups in total.